The van der Waals surface area contributed by atoms with Crippen LogP contribution in [-0.4, -0.2) is 38.7 Å². The third-order valence-electron chi connectivity index (χ3n) is 4.06. The van der Waals surface area contributed by atoms with Crippen molar-refractivity contribution < 1.29 is 27.4 Å². The minimum absolute atomic E-state index is 0.0487. The van der Waals surface area contributed by atoms with Crippen LogP contribution in [0.3, 0.4) is 0 Å². The molecule has 0 saturated heterocycles. The van der Waals surface area contributed by atoms with E-state index in [1.54, 1.807) is 31.2 Å². The molecule has 8 heteroatoms. The van der Waals surface area contributed by atoms with Gasteiger partial charge in [-0.25, -0.2) is 13.2 Å². The quantitative estimate of drug-likeness (QED) is 0.488. The summed E-state index contributed by atoms with van der Waals surface area (Å²) in [6.45, 7) is 2.01. The lowest BCUT2D eigenvalue weighted by molar-refractivity contribution is 0.0525. The van der Waals surface area contributed by atoms with Crippen LogP contribution in [0.4, 0.5) is 0 Å². The maximum absolute atomic E-state index is 12.1. The number of fused-ring (bicyclic) bond motifs is 1. The van der Waals surface area contributed by atoms with Crippen LogP contribution in [0.2, 0.25) is 0 Å². The summed E-state index contributed by atoms with van der Waals surface area (Å²) in [5, 5.41) is 0.652. The Hall–Kier alpha value is -2.06. The van der Waals surface area contributed by atoms with Crippen LogP contribution >= 0.6 is 15.9 Å². The summed E-state index contributed by atoms with van der Waals surface area (Å²) < 4.78 is 40.1. The van der Waals surface area contributed by atoms with E-state index in [9.17, 15) is 13.2 Å². The summed E-state index contributed by atoms with van der Waals surface area (Å²) in [5.74, 6) is 1.09. The van der Waals surface area contributed by atoms with Crippen molar-refractivity contribution in [2.45, 2.75) is 24.3 Å². The zero-order valence-corrected chi connectivity index (χ0v) is 17.3. The van der Waals surface area contributed by atoms with Gasteiger partial charge in [-0.05, 0) is 43.3 Å². The molecule has 1 unspecified atom stereocenters. The summed E-state index contributed by atoms with van der Waals surface area (Å²) >= 11 is 3.41. The zero-order valence-electron chi connectivity index (χ0n) is 14.9. The van der Waals surface area contributed by atoms with Crippen molar-refractivity contribution >= 4 is 31.7 Å². The third kappa shape index (κ3) is 4.44. The maximum Gasteiger partial charge on any atom is 0.338 e. The second-order valence-electron chi connectivity index (χ2n) is 6.12. The Balaban J connectivity index is 1.95. The number of ether oxygens (including phenoxy) is 3. The van der Waals surface area contributed by atoms with Crippen molar-refractivity contribution in [1.82, 2.24) is 0 Å². The molecule has 0 saturated carbocycles. The minimum Gasteiger partial charge on any atom is -0.489 e. The van der Waals surface area contributed by atoms with Gasteiger partial charge in [0.15, 0.2) is 9.84 Å². The highest BCUT2D eigenvalue weighted by molar-refractivity contribution is 9.09. The molecule has 0 spiro atoms. The monoisotopic (exact) mass is 454 g/mol. The predicted octanol–water partition coefficient (Wildman–Crippen LogP) is 3.76. The van der Waals surface area contributed by atoms with Gasteiger partial charge in [-0.3, -0.25) is 0 Å². The van der Waals surface area contributed by atoms with Crippen molar-refractivity contribution in [3.8, 4) is 17.2 Å². The van der Waals surface area contributed by atoms with Crippen LogP contribution in [0, 0.1) is 0 Å². The second-order valence-corrected chi connectivity index (χ2v) is 8.78. The summed E-state index contributed by atoms with van der Waals surface area (Å²) in [6, 6.07) is 9.42. The number of rotatable bonds is 6. The molecule has 0 aliphatic carbocycles. The standard InChI is InChI=1S/C19H19BrO6S/c1-3-24-19(21)12-8-17(16-10-14(11-20)26-18(16)9-12)25-13-4-6-15(7-5-13)27(2,22)23/h4-9,14H,3,10-11H2,1-2H3. The highest BCUT2D eigenvalue weighted by Crippen LogP contribution is 2.40. The first-order chi connectivity index (χ1) is 12.8. The Bertz CT molecular complexity index is 953. The van der Waals surface area contributed by atoms with E-state index < -0.39 is 15.8 Å². The van der Waals surface area contributed by atoms with Crippen LogP contribution in [0.1, 0.15) is 22.8 Å². The molecule has 0 bridgehead atoms. The largest absolute Gasteiger partial charge is 0.489 e. The van der Waals surface area contributed by atoms with E-state index in [1.165, 1.54) is 12.1 Å². The van der Waals surface area contributed by atoms with Gasteiger partial charge in [-0.15, -0.1) is 0 Å². The van der Waals surface area contributed by atoms with Gasteiger partial charge in [-0.1, -0.05) is 15.9 Å². The number of halogens is 1. The lowest BCUT2D eigenvalue weighted by atomic mass is 10.1. The maximum atomic E-state index is 12.1. The normalized spacial score (nSPS) is 15.7. The first-order valence-electron chi connectivity index (χ1n) is 8.36. The smallest absolute Gasteiger partial charge is 0.338 e. The Labute approximate surface area is 166 Å². The Morgan fingerprint density at radius 2 is 1.96 bits per heavy atom. The molecule has 2 aromatic rings. The molecular formula is C19H19BrO6S. The van der Waals surface area contributed by atoms with Gasteiger partial charge >= 0.3 is 5.97 Å². The molecule has 0 aromatic heterocycles. The van der Waals surface area contributed by atoms with Crippen molar-refractivity contribution in [3.63, 3.8) is 0 Å². The molecule has 27 heavy (non-hydrogen) atoms. The molecule has 0 amide bonds. The number of hydrogen-bond donors (Lipinski definition) is 0. The molecule has 0 N–H and O–H groups in total. The molecule has 6 nitrogen and oxygen atoms in total. The van der Waals surface area contributed by atoms with E-state index in [0.29, 0.717) is 34.6 Å². The molecular weight excluding hydrogens is 436 g/mol. The third-order valence-corrected chi connectivity index (χ3v) is 5.91. The molecule has 1 heterocycles. The minimum atomic E-state index is -3.28. The van der Waals surface area contributed by atoms with Crippen molar-refractivity contribution in [2.75, 3.05) is 18.2 Å². The molecule has 1 aliphatic rings. The van der Waals surface area contributed by atoms with Crippen LogP contribution < -0.4 is 9.47 Å². The molecule has 1 atom stereocenters. The van der Waals surface area contributed by atoms with Gasteiger partial charge in [0.2, 0.25) is 0 Å². The number of carbonyl (C=O) groups excluding carboxylic acids is 1. The number of esters is 1. The van der Waals surface area contributed by atoms with Crippen LogP contribution in [-0.2, 0) is 21.0 Å². The molecule has 144 valence electrons. The molecule has 0 radical (unpaired) electrons. The van der Waals surface area contributed by atoms with E-state index in [4.69, 9.17) is 14.2 Å². The fraction of sp³-hybridized carbons (Fsp3) is 0.316. The molecule has 3 rings (SSSR count). The van der Waals surface area contributed by atoms with E-state index in [-0.39, 0.29) is 17.6 Å². The predicted molar refractivity (Wildman–Crippen MR) is 104 cm³/mol. The summed E-state index contributed by atoms with van der Waals surface area (Å²) in [7, 11) is -3.28. The number of carbonyl (C=O) groups is 1. The van der Waals surface area contributed by atoms with Crippen LogP contribution in [0.15, 0.2) is 41.3 Å². The fourth-order valence-electron chi connectivity index (χ4n) is 2.77. The SMILES string of the molecule is CCOC(=O)c1cc(Oc2ccc(S(C)(=O)=O)cc2)c2c(c1)OC(CBr)C2. The highest BCUT2D eigenvalue weighted by Gasteiger charge is 2.28. The van der Waals surface area contributed by atoms with E-state index >= 15 is 0 Å². The average molecular weight is 455 g/mol. The van der Waals surface area contributed by atoms with Gasteiger partial charge in [0.25, 0.3) is 0 Å². The zero-order chi connectivity index (χ0) is 19.6. The number of sulfone groups is 1. The lowest BCUT2D eigenvalue weighted by Gasteiger charge is -2.12. The van der Waals surface area contributed by atoms with Crippen LogP contribution in [0.25, 0.3) is 0 Å². The highest BCUT2D eigenvalue weighted by atomic mass is 79.9. The Morgan fingerprint density at radius 3 is 2.56 bits per heavy atom. The van der Waals surface area contributed by atoms with E-state index in [2.05, 4.69) is 15.9 Å². The first kappa shape index (κ1) is 19.7. The van der Waals surface area contributed by atoms with Crippen molar-refractivity contribution in [2.24, 2.45) is 0 Å². The Morgan fingerprint density at radius 1 is 1.26 bits per heavy atom. The van der Waals surface area contributed by atoms with Gasteiger partial charge in [0.1, 0.15) is 23.4 Å². The van der Waals surface area contributed by atoms with Gasteiger partial charge in [-0.2, -0.15) is 0 Å². The Kier molecular flexibility index (Phi) is 5.76. The van der Waals surface area contributed by atoms with E-state index in [0.717, 1.165) is 11.8 Å². The van der Waals surface area contributed by atoms with Gasteiger partial charge < -0.3 is 14.2 Å². The lowest BCUT2D eigenvalue weighted by Crippen LogP contribution is -2.13. The number of hydrogen-bond acceptors (Lipinski definition) is 6. The van der Waals surface area contributed by atoms with Gasteiger partial charge in [0.05, 0.1) is 17.1 Å². The van der Waals surface area contributed by atoms with E-state index in [1.807, 2.05) is 0 Å². The second kappa shape index (κ2) is 7.90. The first-order valence-corrected chi connectivity index (χ1v) is 11.4. The van der Waals surface area contributed by atoms with Crippen molar-refractivity contribution in [1.29, 1.82) is 0 Å². The number of benzene rings is 2. The fourth-order valence-corrected chi connectivity index (χ4v) is 3.76. The number of alkyl halides is 1. The summed E-state index contributed by atoms with van der Waals surface area (Å²) in [4.78, 5) is 12.4. The van der Waals surface area contributed by atoms with Gasteiger partial charge in [0, 0.05) is 23.6 Å². The summed E-state index contributed by atoms with van der Waals surface area (Å²) in [6.07, 6.45) is 1.74. The molecule has 1 aliphatic heterocycles. The van der Waals surface area contributed by atoms with Crippen LogP contribution in [0.5, 0.6) is 17.2 Å². The van der Waals surface area contributed by atoms with Crippen molar-refractivity contribution in [3.05, 3.63) is 47.5 Å². The average Bonchev–Trinajstić information content (AvgIpc) is 3.05. The summed E-state index contributed by atoms with van der Waals surface area (Å²) in [5.41, 5.74) is 1.20. The topological polar surface area (TPSA) is 78.9 Å². The molecule has 2 aromatic carbocycles. The molecule has 0 fully saturated rings.